The third kappa shape index (κ3) is 7.19. The molecule has 0 aromatic rings. The van der Waals surface area contributed by atoms with Crippen LogP contribution in [0.1, 0.15) is 33.6 Å². The van der Waals surface area contributed by atoms with Gasteiger partial charge in [0.25, 0.3) is 0 Å². The van der Waals surface area contributed by atoms with Crippen molar-refractivity contribution in [1.82, 2.24) is 10.2 Å². The van der Waals surface area contributed by atoms with E-state index in [1.54, 1.807) is 4.90 Å². The minimum atomic E-state index is 0.0236. The van der Waals surface area contributed by atoms with Crippen LogP contribution in [0.3, 0.4) is 0 Å². The molecule has 0 unspecified atom stereocenters. The van der Waals surface area contributed by atoms with E-state index in [2.05, 4.69) is 12.2 Å². The van der Waals surface area contributed by atoms with Gasteiger partial charge in [-0.2, -0.15) is 0 Å². The summed E-state index contributed by atoms with van der Waals surface area (Å²) in [5.41, 5.74) is 0. The van der Waals surface area contributed by atoms with Crippen LogP contribution in [0.15, 0.2) is 0 Å². The Morgan fingerprint density at radius 3 is 2.40 bits per heavy atom. The second kappa shape index (κ2) is 9.77. The van der Waals surface area contributed by atoms with Gasteiger partial charge in [-0.15, -0.1) is 0 Å². The van der Waals surface area contributed by atoms with Crippen LogP contribution in [0.2, 0.25) is 0 Å². The Labute approximate surface area is 93.0 Å². The van der Waals surface area contributed by atoms with Crippen LogP contribution in [-0.2, 0) is 4.74 Å². The van der Waals surface area contributed by atoms with Gasteiger partial charge in [0.2, 0.25) is 0 Å². The standard InChI is InChI=1S/C11H24N2O2/c1-4-9-15-10-7-8-12-11(14)13(5-2)6-3/h4-10H2,1-3H3,(H,12,14). The lowest BCUT2D eigenvalue weighted by atomic mass is 10.4. The second-order valence-electron chi connectivity index (χ2n) is 3.37. The second-order valence-corrected chi connectivity index (χ2v) is 3.37. The third-order valence-electron chi connectivity index (χ3n) is 2.14. The lowest BCUT2D eigenvalue weighted by Crippen LogP contribution is -2.40. The molecule has 0 saturated heterocycles. The van der Waals surface area contributed by atoms with Gasteiger partial charge in [-0.05, 0) is 26.7 Å². The van der Waals surface area contributed by atoms with E-state index < -0.39 is 0 Å². The highest BCUT2D eigenvalue weighted by Gasteiger charge is 2.06. The molecule has 0 heterocycles. The Kier molecular flexibility index (Phi) is 9.27. The lowest BCUT2D eigenvalue weighted by Gasteiger charge is -2.19. The first-order chi connectivity index (χ1) is 7.26. The average Bonchev–Trinajstić information content (AvgIpc) is 2.25. The molecule has 90 valence electrons. The highest BCUT2D eigenvalue weighted by atomic mass is 16.5. The average molecular weight is 216 g/mol. The molecule has 15 heavy (non-hydrogen) atoms. The molecule has 4 heteroatoms. The van der Waals surface area contributed by atoms with Crippen molar-refractivity contribution in [3.63, 3.8) is 0 Å². The number of carbonyl (C=O) groups is 1. The molecule has 0 saturated carbocycles. The highest BCUT2D eigenvalue weighted by Crippen LogP contribution is 1.89. The van der Waals surface area contributed by atoms with Crippen molar-refractivity contribution in [2.75, 3.05) is 32.8 Å². The van der Waals surface area contributed by atoms with Crippen LogP contribution in [0.4, 0.5) is 4.79 Å². The maximum Gasteiger partial charge on any atom is 0.317 e. The lowest BCUT2D eigenvalue weighted by molar-refractivity contribution is 0.132. The monoisotopic (exact) mass is 216 g/mol. The van der Waals surface area contributed by atoms with Gasteiger partial charge in [0.05, 0.1) is 0 Å². The van der Waals surface area contributed by atoms with Crippen molar-refractivity contribution in [1.29, 1.82) is 0 Å². The SMILES string of the molecule is CCCOCCCNC(=O)N(CC)CC. The van der Waals surface area contributed by atoms with Gasteiger partial charge in [0.1, 0.15) is 0 Å². The van der Waals surface area contributed by atoms with Gasteiger partial charge in [-0.25, -0.2) is 4.79 Å². The molecule has 0 radical (unpaired) electrons. The summed E-state index contributed by atoms with van der Waals surface area (Å²) in [7, 11) is 0. The van der Waals surface area contributed by atoms with Crippen LogP contribution in [0.5, 0.6) is 0 Å². The zero-order valence-electron chi connectivity index (χ0n) is 10.2. The number of carbonyl (C=O) groups excluding carboxylic acids is 1. The molecular weight excluding hydrogens is 192 g/mol. The Hall–Kier alpha value is -0.770. The Balaban J connectivity index is 3.38. The molecule has 0 rings (SSSR count). The quantitative estimate of drug-likeness (QED) is 0.629. The van der Waals surface area contributed by atoms with E-state index in [0.29, 0.717) is 6.54 Å². The molecule has 0 aliphatic carbocycles. The molecule has 0 bridgehead atoms. The first-order valence-electron chi connectivity index (χ1n) is 5.86. The van der Waals surface area contributed by atoms with E-state index in [1.165, 1.54) is 0 Å². The predicted molar refractivity (Wildman–Crippen MR) is 62.0 cm³/mol. The summed E-state index contributed by atoms with van der Waals surface area (Å²) in [6.07, 6.45) is 1.93. The van der Waals surface area contributed by atoms with E-state index in [4.69, 9.17) is 4.74 Å². The van der Waals surface area contributed by atoms with Crippen LogP contribution in [0, 0.1) is 0 Å². The maximum atomic E-state index is 11.5. The smallest absolute Gasteiger partial charge is 0.317 e. The number of rotatable bonds is 8. The number of nitrogens with zero attached hydrogens (tertiary/aromatic N) is 1. The zero-order valence-corrected chi connectivity index (χ0v) is 10.2. The Morgan fingerprint density at radius 2 is 1.87 bits per heavy atom. The van der Waals surface area contributed by atoms with Crippen molar-refractivity contribution < 1.29 is 9.53 Å². The largest absolute Gasteiger partial charge is 0.381 e. The number of ether oxygens (including phenoxy) is 1. The van der Waals surface area contributed by atoms with E-state index in [1.807, 2.05) is 13.8 Å². The van der Waals surface area contributed by atoms with Crippen molar-refractivity contribution in [2.45, 2.75) is 33.6 Å². The minimum Gasteiger partial charge on any atom is -0.381 e. The fraction of sp³-hybridized carbons (Fsp3) is 0.909. The predicted octanol–water partition coefficient (Wildman–Crippen LogP) is 1.85. The van der Waals surface area contributed by atoms with E-state index in [-0.39, 0.29) is 6.03 Å². The highest BCUT2D eigenvalue weighted by molar-refractivity contribution is 5.73. The van der Waals surface area contributed by atoms with Gasteiger partial charge >= 0.3 is 6.03 Å². The number of amides is 2. The van der Waals surface area contributed by atoms with Crippen molar-refractivity contribution in [3.8, 4) is 0 Å². The minimum absolute atomic E-state index is 0.0236. The summed E-state index contributed by atoms with van der Waals surface area (Å²) >= 11 is 0. The molecule has 0 spiro atoms. The van der Waals surface area contributed by atoms with Gasteiger partial charge < -0.3 is 15.0 Å². The first kappa shape index (κ1) is 14.2. The summed E-state index contributed by atoms with van der Waals surface area (Å²) in [6.45, 7) is 9.79. The van der Waals surface area contributed by atoms with Crippen LogP contribution in [0.25, 0.3) is 0 Å². The molecule has 0 fully saturated rings. The van der Waals surface area contributed by atoms with Crippen molar-refractivity contribution >= 4 is 6.03 Å². The molecular formula is C11H24N2O2. The topological polar surface area (TPSA) is 41.6 Å². The van der Waals surface area contributed by atoms with E-state index in [0.717, 1.165) is 39.1 Å². The summed E-state index contributed by atoms with van der Waals surface area (Å²) < 4.78 is 5.31. The fourth-order valence-electron chi connectivity index (χ4n) is 1.24. The van der Waals surface area contributed by atoms with Crippen LogP contribution in [-0.4, -0.2) is 43.8 Å². The maximum absolute atomic E-state index is 11.5. The van der Waals surface area contributed by atoms with Crippen LogP contribution < -0.4 is 5.32 Å². The molecule has 0 aliphatic heterocycles. The van der Waals surface area contributed by atoms with Gasteiger partial charge in [0.15, 0.2) is 0 Å². The van der Waals surface area contributed by atoms with E-state index >= 15 is 0 Å². The van der Waals surface area contributed by atoms with Gasteiger partial charge in [0, 0.05) is 32.8 Å². The Bertz CT molecular complexity index is 159. The van der Waals surface area contributed by atoms with Crippen molar-refractivity contribution in [3.05, 3.63) is 0 Å². The summed E-state index contributed by atoms with van der Waals surface area (Å²) in [5, 5.41) is 2.87. The first-order valence-corrected chi connectivity index (χ1v) is 5.86. The number of nitrogens with one attached hydrogen (secondary N) is 1. The molecule has 4 nitrogen and oxygen atoms in total. The molecule has 0 atom stereocenters. The molecule has 2 amide bonds. The summed E-state index contributed by atoms with van der Waals surface area (Å²) in [6, 6.07) is 0.0236. The molecule has 0 aromatic heterocycles. The number of hydrogen-bond donors (Lipinski definition) is 1. The number of urea groups is 1. The third-order valence-corrected chi connectivity index (χ3v) is 2.14. The zero-order chi connectivity index (χ0) is 11.5. The van der Waals surface area contributed by atoms with Gasteiger partial charge in [-0.1, -0.05) is 6.92 Å². The van der Waals surface area contributed by atoms with Gasteiger partial charge in [-0.3, -0.25) is 0 Å². The summed E-state index contributed by atoms with van der Waals surface area (Å²) in [4.78, 5) is 13.2. The number of hydrogen-bond acceptors (Lipinski definition) is 2. The van der Waals surface area contributed by atoms with Crippen molar-refractivity contribution in [2.24, 2.45) is 0 Å². The molecule has 1 N–H and O–H groups in total. The fourth-order valence-corrected chi connectivity index (χ4v) is 1.24. The normalized spacial score (nSPS) is 10.1. The Morgan fingerprint density at radius 1 is 1.20 bits per heavy atom. The molecule has 0 aliphatic rings. The van der Waals surface area contributed by atoms with Crippen LogP contribution >= 0.6 is 0 Å². The van der Waals surface area contributed by atoms with E-state index in [9.17, 15) is 4.79 Å². The molecule has 0 aromatic carbocycles. The summed E-state index contributed by atoms with van der Waals surface area (Å²) in [5.74, 6) is 0.